The van der Waals surface area contributed by atoms with Crippen molar-refractivity contribution in [3.63, 3.8) is 0 Å². The average molecular weight is 494 g/mol. The van der Waals surface area contributed by atoms with Crippen LogP contribution in [0.4, 0.5) is 18.9 Å². The zero-order valence-electron chi connectivity index (χ0n) is 20.8. The van der Waals surface area contributed by atoms with E-state index in [1.165, 1.54) is 12.1 Å². The van der Waals surface area contributed by atoms with Gasteiger partial charge in [0, 0.05) is 39.6 Å². The van der Waals surface area contributed by atoms with Gasteiger partial charge in [-0.2, -0.15) is 13.2 Å². The average Bonchev–Trinajstić information content (AvgIpc) is 2.80. The molecule has 0 fully saturated rings. The Hall–Kier alpha value is -2.78. The summed E-state index contributed by atoms with van der Waals surface area (Å²) in [5, 5.41) is 9.78. The second kappa shape index (κ2) is 10.9. The molecule has 35 heavy (non-hydrogen) atoms. The Balaban J connectivity index is 1.87. The summed E-state index contributed by atoms with van der Waals surface area (Å²) in [6.45, 7) is 5.02. The van der Waals surface area contributed by atoms with E-state index in [1.54, 1.807) is 11.0 Å². The number of anilines is 1. The fourth-order valence-electron chi connectivity index (χ4n) is 4.28. The smallest absolute Gasteiger partial charge is 0.416 e. The van der Waals surface area contributed by atoms with Crippen molar-refractivity contribution in [3.05, 3.63) is 59.2 Å². The molecule has 0 aliphatic carbocycles. The van der Waals surface area contributed by atoms with Crippen molar-refractivity contribution in [2.24, 2.45) is 5.92 Å². The molecule has 0 bridgehead atoms. The Kier molecular flexibility index (Phi) is 8.33. The molecule has 1 aliphatic heterocycles. The van der Waals surface area contributed by atoms with Crippen molar-refractivity contribution in [3.8, 4) is 5.75 Å². The first-order valence-corrected chi connectivity index (χ1v) is 11.7. The number of ether oxygens (including phenoxy) is 1. The zero-order valence-corrected chi connectivity index (χ0v) is 20.8. The molecule has 1 aliphatic rings. The highest BCUT2D eigenvalue weighted by molar-refractivity contribution is 5.99. The van der Waals surface area contributed by atoms with Crippen molar-refractivity contribution >= 4 is 11.6 Å². The lowest BCUT2D eigenvalue weighted by Crippen LogP contribution is -2.49. The summed E-state index contributed by atoms with van der Waals surface area (Å²) in [5.41, 5.74) is 1.31. The van der Waals surface area contributed by atoms with Gasteiger partial charge >= 0.3 is 6.18 Å². The van der Waals surface area contributed by atoms with Crippen molar-refractivity contribution in [1.29, 1.82) is 0 Å². The molecule has 3 rings (SSSR count). The molecular formula is C26H34F3N3O3. The first-order valence-electron chi connectivity index (χ1n) is 11.7. The minimum Gasteiger partial charge on any atom is -0.486 e. The number of aliphatic hydroxyl groups is 1. The van der Waals surface area contributed by atoms with Gasteiger partial charge in [0.15, 0.2) is 5.75 Å². The maximum atomic E-state index is 13.4. The summed E-state index contributed by atoms with van der Waals surface area (Å²) in [6.07, 6.45) is -4.66. The first-order chi connectivity index (χ1) is 16.4. The third kappa shape index (κ3) is 6.27. The number of amides is 1. The number of halogens is 3. The van der Waals surface area contributed by atoms with E-state index in [-0.39, 0.29) is 30.6 Å². The summed E-state index contributed by atoms with van der Waals surface area (Å²) < 4.78 is 45.2. The Bertz CT molecular complexity index is 1010. The largest absolute Gasteiger partial charge is 0.486 e. The first kappa shape index (κ1) is 26.8. The van der Waals surface area contributed by atoms with Crippen molar-refractivity contribution < 1.29 is 27.8 Å². The van der Waals surface area contributed by atoms with E-state index < -0.39 is 11.7 Å². The Morgan fingerprint density at radius 2 is 1.80 bits per heavy atom. The number of carbonyl (C=O) groups is 1. The molecule has 1 heterocycles. The highest BCUT2D eigenvalue weighted by atomic mass is 19.4. The van der Waals surface area contributed by atoms with E-state index in [9.17, 15) is 23.1 Å². The number of alkyl halides is 3. The minimum atomic E-state index is -4.36. The summed E-state index contributed by atoms with van der Waals surface area (Å²) >= 11 is 0. The SMILES string of the molecule is C[C@@H]1CN([C@@H](C)CO)C(=O)c2cccc(N(C)C)c2O[C@H]1CN(C)Cc1ccc(C(F)(F)F)cc1. The summed E-state index contributed by atoms with van der Waals surface area (Å²) in [4.78, 5) is 19.0. The summed E-state index contributed by atoms with van der Waals surface area (Å²) in [6, 6.07) is 10.3. The number of fused-ring (bicyclic) bond motifs is 1. The van der Waals surface area contributed by atoms with E-state index in [0.29, 0.717) is 30.9 Å². The highest BCUT2D eigenvalue weighted by Gasteiger charge is 2.35. The third-order valence-electron chi connectivity index (χ3n) is 6.38. The fraction of sp³-hybridized carbons (Fsp3) is 0.500. The van der Waals surface area contributed by atoms with Crippen LogP contribution in [0, 0.1) is 5.92 Å². The number of carbonyl (C=O) groups excluding carboxylic acids is 1. The quantitative estimate of drug-likeness (QED) is 0.629. The molecule has 2 aromatic rings. The van der Waals surface area contributed by atoms with Crippen LogP contribution in [0.1, 0.15) is 35.3 Å². The molecule has 0 radical (unpaired) electrons. The maximum Gasteiger partial charge on any atom is 0.416 e. The lowest BCUT2D eigenvalue weighted by Gasteiger charge is -2.39. The maximum absolute atomic E-state index is 13.4. The molecular weight excluding hydrogens is 459 g/mol. The number of aliphatic hydroxyl groups excluding tert-OH is 1. The van der Waals surface area contributed by atoms with Gasteiger partial charge in [-0.1, -0.05) is 25.1 Å². The molecule has 1 amide bonds. The van der Waals surface area contributed by atoms with Crippen LogP contribution in [0.5, 0.6) is 5.75 Å². The number of likely N-dealkylation sites (N-methyl/N-ethyl adjacent to an activating group) is 1. The van der Waals surface area contributed by atoms with Crippen LogP contribution in [-0.2, 0) is 12.7 Å². The van der Waals surface area contributed by atoms with Crippen LogP contribution in [-0.4, -0.2) is 73.8 Å². The van der Waals surface area contributed by atoms with Gasteiger partial charge in [-0.05, 0) is 43.8 Å². The highest BCUT2D eigenvalue weighted by Crippen LogP contribution is 2.36. The number of hydrogen-bond acceptors (Lipinski definition) is 5. The molecule has 3 atom stereocenters. The van der Waals surface area contributed by atoms with Crippen molar-refractivity contribution in [2.45, 2.75) is 38.7 Å². The standard InChI is InChI=1S/C26H34F3N3O3/c1-17-13-32(18(2)16-33)25(34)21-7-6-8-22(30(3)4)24(21)35-23(17)15-31(5)14-19-9-11-20(12-10-19)26(27,28)29/h6-12,17-18,23,33H,13-16H2,1-5H3/t17-,18+,23+/m1/s1. The number of para-hydroxylation sites is 1. The molecule has 9 heteroatoms. The number of rotatable bonds is 7. The number of hydrogen-bond donors (Lipinski definition) is 1. The van der Waals surface area contributed by atoms with E-state index >= 15 is 0 Å². The van der Waals surface area contributed by atoms with Gasteiger partial charge < -0.3 is 19.6 Å². The second-order valence-corrected chi connectivity index (χ2v) is 9.56. The van der Waals surface area contributed by atoms with Gasteiger partial charge in [-0.3, -0.25) is 9.69 Å². The van der Waals surface area contributed by atoms with E-state index in [4.69, 9.17) is 4.74 Å². The molecule has 0 saturated carbocycles. The number of benzene rings is 2. The Morgan fingerprint density at radius 1 is 1.14 bits per heavy atom. The van der Waals surface area contributed by atoms with Gasteiger partial charge in [0.2, 0.25) is 0 Å². The van der Waals surface area contributed by atoms with Gasteiger partial charge in [0.05, 0.1) is 29.5 Å². The van der Waals surface area contributed by atoms with Gasteiger partial charge in [0.1, 0.15) is 6.10 Å². The molecule has 0 aromatic heterocycles. The predicted octanol–water partition coefficient (Wildman–Crippen LogP) is 4.12. The van der Waals surface area contributed by atoms with Gasteiger partial charge in [-0.15, -0.1) is 0 Å². The van der Waals surface area contributed by atoms with Crippen LogP contribution in [0.3, 0.4) is 0 Å². The van der Waals surface area contributed by atoms with Crippen LogP contribution >= 0.6 is 0 Å². The Labute approximate surface area is 204 Å². The van der Waals surface area contributed by atoms with Gasteiger partial charge in [0.25, 0.3) is 5.91 Å². The molecule has 1 N–H and O–H groups in total. The van der Waals surface area contributed by atoms with Crippen LogP contribution in [0.25, 0.3) is 0 Å². The Morgan fingerprint density at radius 3 is 2.37 bits per heavy atom. The predicted molar refractivity (Wildman–Crippen MR) is 130 cm³/mol. The third-order valence-corrected chi connectivity index (χ3v) is 6.38. The molecule has 2 aromatic carbocycles. The molecule has 192 valence electrons. The minimum absolute atomic E-state index is 0.0635. The monoisotopic (exact) mass is 493 g/mol. The normalized spacial score (nSPS) is 19.6. The zero-order chi connectivity index (χ0) is 25.9. The fourth-order valence-corrected chi connectivity index (χ4v) is 4.28. The van der Waals surface area contributed by atoms with E-state index in [0.717, 1.165) is 23.4 Å². The van der Waals surface area contributed by atoms with Crippen LogP contribution in [0.15, 0.2) is 42.5 Å². The van der Waals surface area contributed by atoms with Crippen molar-refractivity contribution in [1.82, 2.24) is 9.80 Å². The molecule has 0 saturated heterocycles. The van der Waals surface area contributed by atoms with Crippen molar-refractivity contribution in [2.75, 3.05) is 45.7 Å². The second-order valence-electron chi connectivity index (χ2n) is 9.56. The molecule has 0 spiro atoms. The van der Waals surface area contributed by atoms with Crippen LogP contribution < -0.4 is 9.64 Å². The summed E-state index contributed by atoms with van der Waals surface area (Å²) in [7, 11) is 5.65. The molecule has 0 unspecified atom stereocenters. The topological polar surface area (TPSA) is 56.3 Å². The van der Waals surface area contributed by atoms with E-state index in [2.05, 4.69) is 0 Å². The van der Waals surface area contributed by atoms with Crippen LogP contribution in [0.2, 0.25) is 0 Å². The number of nitrogens with zero attached hydrogens (tertiary/aromatic N) is 3. The van der Waals surface area contributed by atoms with Gasteiger partial charge in [-0.25, -0.2) is 0 Å². The lowest BCUT2D eigenvalue weighted by molar-refractivity contribution is -0.137. The molecule has 6 nitrogen and oxygen atoms in total. The summed E-state index contributed by atoms with van der Waals surface area (Å²) in [5.74, 6) is 0.247. The van der Waals surface area contributed by atoms with E-state index in [1.807, 2.05) is 56.9 Å². The lowest BCUT2D eigenvalue weighted by atomic mass is 9.98.